The lowest BCUT2D eigenvalue weighted by Gasteiger charge is -2.07. The molecule has 5 heteroatoms. The van der Waals surface area contributed by atoms with Crippen LogP contribution in [0, 0.1) is 5.82 Å². The Hall–Kier alpha value is -1.29. The van der Waals surface area contributed by atoms with Crippen molar-refractivity contribution in [1.82, 2.24) is 0 Å². The van der Waals surface area contributed by atoms with Crippen molar-refractivity contribution >= 4 is 16.8 Å². The van der Waals surface area contributed by atoms with E-state index >= 15 is 0 Å². The molecular formula is C9H8ClFO3. The predicted octanol–water partition coefficient (Wildman–Crippen LogP) is 2.22. The third-order valence-electron chi connectivity index (χ3n) is 1.69. The van der Waals surface area contributed by atoms with E-state index in [1.165, 1.54) is 20.3 Å². The molecule has 0 unspecified atom stereocenters. The zero-order chi connectivity index (χ0) is 10.7. The number of hydrogen-bond acceptors (Lipinski definition) is 3. The normalized spacial score (nSPS) is 9.71. The van der Waals surface area contributed by atoms with Crippen LogP contribution in [0.25, 0.3) is 0 Å². The van der Waals surface area contributed by atoms with Gasteiger partial charge in [0.1, 0.15) is 5.75 Å². The molecule has 0 N–H and O–H groups in total. The average molecular weight is 219 g/mol. The summed E-state index contributed by atoms with van der Waals surface area (Å²) in [6.45, 7) is 0. The fourth-order valence-corrected chi connectivity index (χ4v) is 1.16. The van der Waals surface area contributed by atoms with Gasteiger partial charge < -0.3 is 9.47 Å². The van der Waals surface area contributed by atoms with Crippen LogP contribution in [0.5, 0.6) is 11.5 Å². The summed E-state index contributed by atoms with van der Waals surface area (Å²) in [6.07, 6.45) is 0. The van der Waals surface area contributed by atoms with Gasteiger partial charge in [-0.05, 0) is 17.7 Å². The number of carbonyl (C=O) groups excluding carboxylic acids is 1. The Labute approximate surface area is 85.4 Å². The Morgan fingerprint density at radius 2 is 1.86 bits per heavy atom. The lowest BCUT2D eigenvalue weighted by atomic mass is 10.2. The van der Waals surface area contributed by atoms with Crippen molar-refractivity contribution in [2.45, 2.75) is 0 Å². The smallest absolute Gasteiger partial charge is 0.256 e. The van der Waals surface area contributed by atoms with Crippen molar-refractivity contribution in [2.24, 2.45) is 0 Å². The van der Waals surface area contributed by atoms with Gasteiger partial charge in [-0.25, -0.2) is 4.39 Å². The third kappa shape index (κ3) is 1.96. The molecule has 0 heterocycles. The molecule has 14 heavy (non-hydrogen) atoms. The molecule has 0 bridgehead atoms. The van der Waals surface area contributed by atoms with E-state index in [4.69, 9.17) is 21.1 Å². The monoisotopic (exact) mass is 218 g/mol. The molecule has 0 aliphatic carbocycles. The molecule has 0 radical (unpaired) electrons. The maximum absolute atomic E-state index is 13.1. The number of halogens is 2. The number of carbonyl (C=O) groups is 1. The van der Waals surface area contributed by atoms with Crippen LogP contribution in [0.15, 0.2) is 12.1 Å². The molecule has 0 fully saturated rings. The summed E-state index contributed by atoms with van der Waals surface area (Å²) in [5.74, 6) is -0.566. The summed E-state index contributed by atoms with van der Waals surface area (Å²) >= 11 is 5.27. The third-order valence-corrected chi connectivity index (χ3v) is 1.89. The van der Waals surface area contributed by atoms with Crippen LogP contribution < -0.4 is 9.47 Å². The van der Waals surface area contributed by atoms with Crippen LogP contribution in [0.3, 0.4) is 0 Å². The first kappa shape index (κ1) is 10.8. The van der Waals surface area contributed by atoms with E-state index in [9.17, 15) is 9.18 Å². The Bertz CT molecular complexity index is 365. The summed E-state index contributed by atoms with van der Waals surface area (Å²) in [5, 5.41) is -0.722. The molecule has 1 rings (SSSR count). The first-order chi connectivity index (χ1) is 6.60. The van der Waals surface area contributed by atoms with Crippen molar-refractivity contribution in [2.75, 3.05) is 14.2 Å². The van der Waals surface area contributed by atoms with Gasteiger partial charge in [-0.3, -0.25) is 4.79 Å². The number of hydrogen-bond donors (Lipinski definition) is 0. The maximum Gasteiger partial charge on any atom is 0.256 e. The van der Waals surface area contributed by atoms with Crippen LogP contribution in [-0.2, 0) is 0 Å². The molecule has 0 aliphatic rings. The van der Waals surface area contributed by atoms with Gasteiger partial charge in [-0.2, -0.15) is 0 Å². The van der Waals surface area contributed by atoms with Gasteiger partial charge in [-0.1, -0.05) is 0 Å². The minimum absolute atomic E-state index is 0.0465. The van der Waals surface area contributed by atoms with Crippen LogP contribution in [0.1, 0.15) is 10.4 Å². The maximum atomic E-state index is 13.1. The Morgan fingerprint density at radius 3 is 2.29 bits per heavy atom. The minimum atomic E-state index is -0.722. The number of methoxy groups -OCH3 is 2. The van der Waals surface area contributed by atoms with E-state index in [0.29, 0.717) is 0 Å². The van der Waals surface area contributed by atoms with E-state index in [2.05, 4.69) is 0 Å². The molecule has 0 aliphatic heterocycles. The fraction of sp³-hybridized carbons (Fsp3) is 0.222. The molecule has 0 saturated carbocycles. The van der Waals surface area contributed by atoms with Crippen molar-refractivity contribution in [3.05, 3.63) is 23.5 Å². The van der Waals surface area contributed by atoms with Gasteiger partial charge in [0.15, 0.2) is 11.6 Å². The van der Waals surface area contributed by atoms with E-state index in [1.54, 1.807) is 0 Å². The van der Waals surface area contributed by atoms with Crippen molar-refractivity contribution < 1.29 is 18.7 Å². The lowest BCUT2D eigenvalue weighted by Crippen LogP contribution is -1.98. The lowest BCUT2D eigenvalue weighted by molar-refractivity contribution is 0.107. The molecular weight excluding hydrogens is 211 g/mol. The van der Waals surface area contributed by atoms with Crippen LogP contribution in [-0.4, -0.2) is 19.5 Å². The van der Waals surface area contributed by atoms with Crippen molar-refractivity contribution in [3.63, 3.8) is 0 Å². The minimum Gasteiger partial charge on any atom is -0.496 e. The first-order valence-electron chi connectivity index (χ1n) is 3.71. The van der Waals surface area contributed by atoms with Crippen LogP contribution in [0.4, 0.5) is 4.39 Å². The summed E-state index contributed by atoms with van der Waals surface area (Å²) < 4.78 is 22.6. The fourth-order valence-electron chi connectivity index (χ4n) is 1.01. The average Bonchev–Trinajstić information content (AvgIpc) is 2.16. The molecule has 0 aromatic heterocycles. The molecule has 76 valence electrons. The highest BCUT2D eigenvalue weighted by Crippen LogP contribution is 2.28. The SMILES string of the molecule is COc1cc(C(=O)Cl)c(OC)cc1F. The van der Waals surface area contributed by atoms with E-state index in [1.807, 2.05) is 0 Å². The summed E-state index contributed by atoms with van der Waals surface area (Å²) in [7, 11) is 2.62. The number of ether oxygens (including phenoxy) is 2. The van der Waals surface area contributed by atoms with E-state index in [0.717, 1.165) is 6.07 Å². The zero-order valence-electron chi connectivity index (χ0n) is 7.64. The van der Waals surface area contributed by atoms with E-state index in [-0.39, 0.29) is 17.1 Å². The number of rotatable bonds is 3. The predicted molar refractivity (Wildman–Crippen MR) is 49.7 cm³/mol. The molecule has 3 nitrogen and oxygen atoms in total. The van der Waals surface area contributed by atoms with Crippen molar-refractivity contribution in [1.29, 1.82) is 0 Å². The van der Waals surface area contributed by atoms with Gasteiger partial charge in [-0.15, -0.1) is 0 Å². The van der Waals surface area contributed by atoms with Crippen molar-refractivity contribution in [3.8, 4) is 11.5 Å². The van der Waals surface area contributed by atoms with Gasteiger partial charge in [0.05, 0.1) is 19.8 Å². The highest BCUT2D eigenvalue weighted by Gasteiger charge is 2.15. The Balaban J connectivity index is 3.32. The Kier molecular flexibility index (Phi) is 3.30. The summed E-state index contributed by atoms with van der Waals surface area (Å²) in [6, 6.07) is 2.25. The van der Waals surface area contributed by atoms with Gasteiger partial charge in [0.25, 0.3) is 5.24 Å². The first-order valence-corrected chi connectivity index (χ1v) is 4.09. The number of benzene rings is 1. The molecule has 0 atom stereocenters. The zero-order valence-corrected chi connectivity index (χ0v) is 8.39. The van der Waals surface area contributed by atoms with Gasteiger partial charge >= 0.3 is 0 Å². The quantitative estimate of drug-likeness (QED) is 0.730. The second kappa shape index (κ2) is 4.28. The van der Waals surface area contributed by atoms with E-state index < -0.39 is 11.1 Å². The van der Waals surface area contributed by atoms with Gasteiger partial charge in [0.2, 0.25) is 0 Å². The summed E-state index contributed by atoms with van der Waals surface area (Å²) in [4.78, 5) is 10.9. The molecule has 0 spiro atoms. The molecule has 0 saturated heterocycles. The van der Waals surface area contributed by atoms with Gasteiger partial charge in [0, 0.05) is 6.07 Å². The Morgan fingerprint density at radius 1 is 1.29 bits per heavy atom. The second-order valence-electron chi connectivity index (χ2n) is 2.46. The highest BCUT2D eigenvalue weighted by molar-refractivity contribution is 6.68. The van der Waals surface area contributed by atoms with Crippen LogP contribution in [0.2, 0.25) is 0 Å². The topological polar surface area (TPSA) is 35.5 Å². The highest BCUT2D eigenvalue weighted by atomic mass is 35.5. The second-order valence-corrected chi connectivity index (χ2v) is 2.80. The molecule has 1 aromatic rings. The standard InChI is InChI=1S/C9H8ClFO3/c1-13-7-4-6(11)8(14-2)3-5(7)9(10)12/h3-4H,1-2H3. The largest absolute Gasteiger partial charge is 0.496 e. The van der Waals surface area contributed by atoms with Crippen LogP contribution >= 0.6 is 11.6 Å². The molecule has 0 amide bonds. The summed E-state index contributed by atoms with van der Waals surface area (Å²) in [5.41, 5.74) is 0.0763. The molecule has 1 aromatic carbocycles.